The summed E-state index contributed by atoms with van der Waals surface area (Å²) >= 11 is 1.14. The molecule has 3 aromatic rings. The molecule has 178 valence electrons. The van der Waals surface area contributed by atoms with Gasteiger partial charge in [-0.2, -0.15) is 5.10 Å². The summed E-state index contributed by atoms with van der Waals surface area (Å²) in [5.74, 6) is -0.627. The SMILES string of the molecule is CCn1nc(C(=O)N(CCN2CCOCC2)c2nc3ccc(OC(F)(F)F)cc3s2)cc1C. The smallest absolute Gasteiger partial charge is 0.406 e. The third kappa shape index (κ3) is 5.63. The largest absolute Gasteiger partial charge is 0.573 e. The topological polar surface area (TPSA) is 72.7 Å². The van der Waals surface area contributed by atoms with Crippen LogP contribution in [0.1, 0.15) is 23.1 Å². The molecule has 0 atom stereocenters. The highest BCUT2D eigenvalue weighted by atomic mass is 32.1. The number of rotatable bonds is 7. The Balaban J connectivity index is 1.63. The molecule has 4 rings (SSSR count). The molecule has 0 N–H and O–H groups in total. The molecule has 8 nitrogen and oxygen atoms in total. The van der Waals surface area contributed by atoms with Crippen molar-refractivity contribution in [3.05, 3.63) is 35.7 Å². The molecule has 0 bridgehead atoms. The molecule has 1 amide bonds. The van der Waals surface area contributed by atoms with Crippen molar-refractivity contribution in [2.75, 3.05) is 44.3 Å². The van der Waals surface area contributed by atoms with Gasteiger partial charge in [-0.25, -0.2) is 4.98 Å². The Morgan fingerprint density at radius 1 is 1.27 bits per heavy atom. The van der Waals surface area contributed by atoms with Crippen LogP contribution in [0.25, 0.3) is 10.2 Å². The van der Waals surface area contributed by atoms with Gasteiger partial charge in [0, 0.05) is 44.5 Å². The lowest BCUT2D eigenvalue weighted by Crippen LogP contribution is -2.43. The minimum absolute atomic E-state index is 0.301. The number of nitrogens with zero attached hydrogens (tertiary/aromatic N) is 5. The van der Waals surface area contributed by atoms with Gasteiger partial charge in [0.05, 0.1) is 23.4 Å². The fourth-order valence-corrected chi connectivity index (χ4v) is 4.65. The molecule has 1 fully saturated rings. The number of thiazole rings is 1. The molecular formula is C21H24F3N5O3S. The van der Waals surface area contributed by atoms with Crippen LogP contribution in [-0.4, -0.2) is 71.3 Å². The number of fused-ring (bicyclic) bond motifs is 1. The van der Waals surface area contributed by atoms with Crippen LogP contribution in [0.5, 0.6) is 5.75 Å². The first-order chi connectivity index (χ1) is 15.7. The van der Waals surface area contributed by atoms with Crippen LogP contribution in [0, 0.1) is 6.92 Å². The number of hydrogen-bond acceptors (Lipinski definition) is 7. The monoisotopic (exact) mass is 483 g/mol. The summed E-state index contributed by atoms with van der Waals surface area (Å²) in [6, 6.07) is 5.68. The highest BCUT2D eigenvalue weighted by Gasteiger charge is 2.31. The second kappa shape index (κ2) is 9.65. The number of benzene rings is 1. The molecule has 33 heavy (non-hydrogen) atoms. The van der Waals surface area contributed by atoms with Gasteiger partial charge in [0.25, 0.3) is 5.91 Å². The highest BCUT2D eigenvalue weighted by molar-refractivity contribution is 7.22. The van der Waals surface area contributed by atoms with Crippen LogP contribution >= 0.6 is 11.3 Å². The molecule has 0 unspecified atom stereocenters. The molecule has 1 saturated heterocycles. The number of amides is 1. The van der Waals surface area contributed by atoms with Crippen molar-refractivity contribution in [2.45, 2.75) is 26.8 Å². The molecule has 2 aromatic heterocycles. The lowest BCUT2D eigenvalue weighted by Gasteiger charge is -2.29. The van der Waals surface area contributed by atoms with Crippen molar-refractivity contribution in [1.29, 1.82) is 0 Å². The standard InChI is InChI=1S/C21H24F3N5O3S/c1-3-29-14(2)12-17(26-29)19(30)28(7-6-27-8-10-31-11-9-27)20-25-16-5-4-15(13-18(16)33-20)32-21(22,23)24/h4-5,12-13H,3,6-11H2,1-2H3. The van der Waals surface area contributed by atoms with E-state index in [0.717, 1.165) is 30.1 Å². The zero-order valence-electron chi connectivity index (χ0n) is 18.3. The third-order valence-corrected chi connectivity index (χ3v) is 6.34. The number of anilines is 1. The van der Waals surface area contributed by atoms with Crippen molar-refractivity contribution in [1.82, 2.24) is 19.7 Å². The maximum atomic E-state index is 13.4. The van der Waals surface area contributed by atoms with Gasteiger partial charge in [0.2, 0.25) is 0 Å². The Labute approximate surface area is 192 Å². The van der Waals surface area contributed by atoms with E-state index in [4.69, 9.17) is 4.74 Å². The first-order valence-corrected chi connectivity index (χ1v) is 11.4. The zero-order chi connectivity index (χ0) is 23.6. The van der Waals surface area contributed by atoms with E-state index in [0.29, 0.717) is 53.9 Å². The molecule has 0 radical (unpaired) electrons. The molecule has 3 heterocycles. The number of morpholine rings is 1. The van der Waals surface area contributed by atoms with Crippen molar-refractivity contribution in [2.24, 2.45) is 0 Å². The summed E-state index contributed by atoms with van der Waals surface area (Å²) in [6.07, 6.45) is -4.78. The van der Waals surface area contributed by atoms with E-state index in [1.807, 2.05) is 13.8 Å². The third-order valence-electron chi connectivity index (χ3n) is 5.30. The number of hydrogen-bond donors (Lipinski definition) is 0. The van der Waals surface area contributed by atoms with Crippen LogP contribution in [0.15, 0.2) is 24.3 Å². The van der Waals surface area contributed by atoms with Gasteiger partial charge < -0.3 is 9.47 Å². The Morgan fingerprint density at radius 2 is 2.03 bits per heavy atom. The second-order valence-corrected chi connectivity index (χ2v) is 8.58. The number of carbonyl (C=O) groups is 1. The molecule has 1 aliphatic heterocycles. The molecule has 1 aliphatic rings. The summed E-state index contributed by atoms with van der Waals surface area (Å²) in [4.78, 5) is 21.7. The molecule has 12 heteroatoms. The Hall–Kier alpha value is -2.70. The van der Waals surface area contributed by atoms with E-state index in [-0.39, 0.29) is 11.7 Å². The van der Waals surface area contributed by atoms with E-state index in [9.17, 15) is 18.0 Å². The molecule has 0 spiro atoms. The maximum absolute atomic E-state index is 13.4. The van der Waals surface area contributed by atoms with Crippen molar-refractivity contribution in [3.63, 3.8) is 0 Å². The van der Waals surface area contributed by atoms with Gasteiger partial charge in [-0.05, 0) is 32.0 Å². The van der Waals surface area contributed by atoms with Crippen molar-refractivity contribution >= 4 is 32.6 Å². The normalized spacial score (nSPS) is 15.2. The zero-order valence-corrected chi connectivity index (χ0v) is 19.1. The first kappa shape index (κ1) is 23.5. The lowest BCUT2D eigenvalue weighted by molar-refractivity contribution is -0.274. The van der Waals surface area contributed by atoms with Crippen LogP contribution < -0.4 is 9.64 Å². The fourth-order valence-electron chi connectivity index (χ4n) is 3.63. The minimum Gasteiger partial charge on any atom is -0.406 e. The van der Waals surface area contributed by atoms with Gasteiger partial charge >= 0.3 is 6.36 Å². The van der Waals surface area contributed by atoms with Gasteiger partial charge in [-0.3, -0.25) is 19.3 Å². The predicted octanol–water partition coefficient (Wildman–Crippen LogP) is 3.70. The summed E-state index contributed by atoms with van der Waals surface area (Å²) in [5, 5.41) is 4.80. The Bertz CT molecular complexity index is 1120. The second-order valence-electron chi connectivity index (χ2n) is 7.57. The molecule has 0 saturated carbocycles. The van der Waals surface area contributed by atoms with E-state index in [2.05, 4.69) is 19.7 Å². The van der Waals surface area contributed by atoms with Crippen LogP contribution in [0.3, 0.4) is 0 Å². The number of halogens is 3. The van der Waals surface area contributed by atoms with Crippen molar-refractivity contribution < 1.29 is 27.4 Å². The van der Waals surface area contributed by atoms with E-state index in [1.54, 1.807) is 15.6 Å². The quantitative estimate of drug-likeness (QED) is 0.510. The summed E-state index contributed by atoms with van der Waals surface area (Å²) in [7, 11) is 0. The summed E-state index contributed by atoms with van der Waals surface area (Å²) < 4.78 is 49.4. The maximum Gasteiger partial charge on any atom is 0.573 e. The first-order valence-electron chi connectivity index (χ1n) is 10.6. The number of aryl methyl sites for hydroxylation is 2. The predicted molar refractivity (Wildman–Crippen MR) is 118 cm³/mol. The van der Waals surface area contributed by atoms with Crippen molar-refractivity contribution in [3.8, 4) is 5.75 Å². The fraction of sp³-hybridized carbons (Fsp3) is 0.476. The van der Waals surface area contributed by atoms with Crippen LogP contribution in [0.4, 0.5) is 18.3 Å². The van der Waals surface area contributed by atoms with Crippen LogP contribution in [0.2, 0.25) is 0 Å². The lowest BCUT2D eigenvalue weighted by atomic mass is 10.3. The molecular weight excluding hydrogens is 459 g/mol. The van der Waals surface area contributed by atoms with Gasteiger partial charge in [-0.1, -0.05) is 11.3 Å². The van der Waals surface area contributed by atoms with Crippen LogP contribution in [-0.2, 0) is 11.3 Å². The summed E-state index contributed by atoms with van der Waals surface area (Å²) in [5.41, 5.74) is 1.66. The van der Waals surface area contributed by atoms with Gasteiger partial charge in [0.15, 0.2) is 10.8 Å². The molecule has 1 aromatic carbocycles. The van der Waals surface area contributed by atoms with E-state index in [1.165, 1.54) is 18.2 Å². The Kier molecular flexibility index (Phi) is 6.86. The van der Waals surface area contributed by atoms with Gasteiger partial charge in [0.1, 0.15) is 5.75 Å². The average Bonchev–Trinajstić information content (AvgIpc) is 3.36. The average molecular weight is 484 g/mol. The highest BCUT2D eigenvalue weighted by Crippen LogP contribution is 2.33. The number of aromatic nitrogens is 3. The van der Waals surface area contributed by atoms with Gasteiger partial charge in [-0.15, -0.1) is 13.2 Å². The van der Waals surface area contributed by atoms with E-state index < -0.39 is 6.36 Å². The number of carbonyl (C=O) groups excluding carboxylic acids is 1. The number of alkyl halides is 3. The minimum atomic E-state index is -4.78. The Morgan fingerprint density at radius 3 is 2.70 bits per heavy atom. The molecule has 0 aliphatic carbocycles. The number of ether oxygens (including phenoxy) is 2. The van der Waals surface area contributed by atoms with E-state index >= 15 is 0 Å². The summed E-state index contributed by atoms with van der Waals surface area (Å²) in [6.45, 7) is 8.24.